The van der Waals surface area contributed by atoms with E-state index in [0.29, 0.717) is 12.1 Å². The van der Waals surface area contributed by atoms with Crippen LogP contribution in [0, 0.1) is 11.8 Å². The second-order valence-corrected chi connectivity index (χ2v) is 9.51. The summed E-state index contributed by atoms with van der Waals surface area (Å²) in [7, 11) is 0. The molecule has 2 aromatic rings. The van der Waals surface area contributed by atoms with Crippen molar-refractivity contribution in [2.75, 3.05) is 0 Å². The monoisotopic (exact) mass is 467 g/mol. The highest BCUT2D eigenvalue weighted by Crippen LogP contribution is 2.19. The fraction of sp³-hybridized carbons (Fsp3) is 0.480. The van der Waals surface area contributed by atoms with Gasteiger partial charge in [-0.05, 0) is 36.6 Å². The first kappa shape index (κ1) is 25.1. The lowest BCUT2D eigenvalue weighted by atomic mass is 9.99. The number of hydrogen-bond acceptors (Lipinski definition) is 5. The van der Waals surface area contributed by atoms with Crippen LogP contribution in [0.4, 0.5) is 0 Å². The Morgan fingerprint density at radius 1 is 0.941 bits per heavy atom. The van der Waals surface area contributed by atoms with E-state index in [-0.39, 0.29) is 24.1 Å². The van der Waals surface area contributed by atoms with Crippen LogP contribution >= 0.6 is 0 Å². The molecule has 3 atom stereocenters. The Labute approximate surface area is 199 Å². The first-order valence-electron chi connectivity index (χ1n) is 11.6. The molecule has 9 heteroatoms. The molecule has 9 nitrogen and oxygen atoms in total. The predicted octanol–water partition coefficient (Wildman–Crippen LogP) is 1.65. The highest BCUT2D eigenvalue weighted by molar-refractivity contribution is 6.00. The molecular weight excluding hydrogens is 434 g/mol. The van der Waals surface area contributed by atoms with Gasteiger partial charge in [-0.1, -0.05) is 52.0 Å². The Morgan fingerprint density at radius 3 is 2.32 bits per heavy atom. The number of carbonyl (C=O) groups is 4. The summed E-state index contributed by atoms with van der Waals surface area (Å²) in [4.78, 5) is 56.4. The molecule has 2 bridgehead atoms. The molecule has 1 aromatic heterocycles. The molecule has 34 heavy (non-hydrogen) atoms. The lowest BCUT2D eigenvalue weighted by Gasteiger charge is -2.27. The third-order valence-corrected chi connectivity index (χ3v) is 5.81. The van der Waals surface area contributed by atoms with E-state index in [0.717, 1.165) is 10.8 Å². The first-order chi connectivity index (χ1) is 16.1. The minimum atomic E-state index is -0.860. The zero-order chi connectivity index (χ0) is 25.0. The molecule has 0 radical (unpaired) electrons. The Bertz CT molecular complexity index is 1100. The summed E-state index contributed by atoms with van der Waals surface area (Å²) in [6, 6.07) is 6.58. The maximum absolute atomic E-state index is 13.2. The molecule has 2 heterocycles. The number of amides is 4. The van der Waals surface area contributed by atoms with Crippen molar-refractivity contribution in [1.82, 2.24) is 26.3 Å². The lowest BCUT2D eigenvalue weighted by molar-refractivity contribution is -0.133. The number of benzene rings is 1. The van der Waals surface area contributed by atoms with Gasteiger partial charge in [0.2, 0.25) is 17.7 Å². The molecule has 0 spiro atoms. The summed E-state index contributed by atoms with van der Waals surface area (Å²) in [5.74, 6) is -1.91. The van der Waals surface area contributed by atoms with Gasteiger partial charge in [0.05, 0.1) is 12.2 Å². The van der Waals surface area contributed by atoms with E-state index in [1.54, 1.807) is 26.8 Å². The quantitative estimate of drug-likeness (QED) is 0.546. The topological polar surface area (TPSA) is 129 Å². The van der Waals surface area contributed by atoms with Gasteiger partial charge in [-0.2, -0.15) is 0 Å². The van der Waals surface area contributed by atoms with E-state index in [1.807, 2.05) is 38.1 Å². The van der Waals surface area contributed by atoms with Gasteiger partial charge in [0, 0.05) is 5.39 Å². The summed E-state index contributed by atoms with van der Waals surface area (Å²) in [5.41, 5.74) is 0.678. The smallest absolute Gasteiger partial charge is 0.270 e. The SMILES string of the molecule is CC(C)C[C@@H]1NC(=O)c2cc3ccccc3c(n2)CNC(=O)[C@H](C)NC(=O)[C@H](C(C)C)NC1=O. The fourth-order valence-electron chi connectivity index (χ4n) is 3.94. The molecule has 1 aromatic carbocycles. The Kier molecular flexibility index (Phi) is 7.86. The summed E-state index contributed by atoms with van der Waals surface area (Å²) >= 11 is 0. The van der Waals surface area contributed by atoms with E-state index < -0.39 is 41.8 Å². The van der Waals surface area contributed by atoms with Crippen LogP contribution in [0.2, 0.25) is 0 Å². The van der Waals surface area contributed by atoms with Crippen molar-refractivity contribution in [1.29, 1.82) is 0 Å². The van der Waals surface area contributed by atoms with Gasteiger partial charge >= 0.3 is 0 Å². The molecule has 1 aliphatic rings. The van der Waals surface area contributed by atoms with Gasteiger partial charge in [0.15, 0.2) is 0 Å². The van der Waals surface area contributed by atoms with Crippen LogP contribution in [0.3, 0.4) is 0 Å². The minimum absolute atomic E-state index is 0.0842. The van der Waals surface area contributed by atoms with Crippen molar-refractivity contribution in [2.24, 2.45) is 11.8 Å². The number of fused-ring (bicyclic) bond motifs is 4. The predicted molar refractivity (Wildman–Crippen MR) is 129 cm³/mol. The Balaban J connectivity index is 2.05. The summed E-state index contributed by atoms with van der Waals surface area (Å²) in [6.45, 7) is 9.18. The number of nitrogens with one attached hydrogen (secondary N) is 4. The summed E-state index contributed by atoms with van der Waals surface area (Å²) < 4.78 is 0. The van der Waals surface area contributed by atoms with Crippen LogP contribution in [0.5, 0.6) is 0 Å². The minimum Gasteiger partial charge on any atom is -0.349 e. The number of aromatic nitrogens is 1. The zero-order valence-corrected chi connectivity index (χ0v) is 20.3. The normalized spacial score (nSPS) is 22.5. The third kappa shape index (κ3) is 5.89. The number of rotatable bonds is 3. The Morgan fingerprint density at radius 2 is 1.65 bits per heavy atom. The molecule has 4 amide bonds. The van der Waals surface area contributed by atoms with E-state index in [9.17, 15) is 19.2 Å². The van der Waals surface area contributed by atoms with E-state index in [4.69, 9.17) is 0 Å². The molecule has 0 fully saturated rings. The van der Waals surface area contributed by atoms with E-state index in [1.165, 1.54) is 0 Å². The van der Waals surface area contributed by atoms with Crippen LogP contribution in [0.1, 0.15) is 57.2 Å². The van der Waals surface area contributed by atoms with Gasteiger partial charge < -0.3 is 21.3 Å². The third-order valence-electron chi connectivity index (χ3n) is 5.81. The van der Waals surface area contributed by atoms with Gasteiger partial charge in [0.25, 0.3) is 5.91 Å². The standard InChI is InChI=1S/C25H33N5O4/c1-13(2)10-18-24(33)30-21(14(3)4)25(34)27-15(5)22(31)26-12-20-17-9-7-6-8-16(17)11-19(28-20)23(32)29-18/h6-9,11,13-15,18,21H,10,12H2,1-5H3,(H,26,31)(H,27,34)(H,29,32)(H,30,33)/t15-,18-,21-/m0/s1. The van der Waals surface area contributed by atoms with Crippen molar-refractivity contribution < 1.29 is 19.2 Å². The number of pyridine rings is 1. The molecule has 0 saturated heterocycles. The van der Waals surface area contributed by atoms with Crippen LogP contribution in [-0.2, 0) is 20.9 Å². The van der Waals surface area contributed by atoms with Crippen LogP contribution in [0.15, 0.2) is 30.3 Å². The summed E-state index contributed by atoms with van der Waals surface area (Å²) in [6.07, 6.45) is 0.390. The fourth-order valence-corrected chi connectivity index (χ4v) is 3.94. The first-order valence-corrected chi connectivity index (χ1v) is 11.6. The average Bonchev–Trinajstić information content (AvgIpc) is 2.78. The van der Waals surface area contributed by atoms with Gasteiger partial charge in [0.1, 0.15) is 23.8 Å². The van der Waals surface area contributed by atoms with Crippen molar-refractivity contribution in [3.05, 3.63) is 41.7 Å². The highest BCUT2D eigenvalue weighted by atomic mass is 16.2. The molecule has 1 aliphatic heterocycles. The largest absolute Gasteiger partial charge is 0.349 e. The molecular formula is C25H33N5O4. The number of hydrogen-bond donors (Lipinski definition) is 4. The van der Waals surface area contributed by atoms with E-state index >= 15 is 0 Å². The van der Waals surface area contributed by atoms with Crippen molar-refractivity contribution in [3.8, 4) is 0 Å². The summed E-state index contributed by atoms with van der Waals surface area (Å²) in [5, 5.41) is 12.6. The second kappa shape index (κ2) is 10.6. The van der Waals surface area contributed by atoms with Crippen LogP contribution in [0.25, 0.3) is 10.8 Å². The maximum Gasteiger partial charge on any atom is 0.270 e. The second-order valence-electron chi connectivity index (χ2n) is 9.51. The molecule has 182 valence electrons. The zero-order valence-electron chi connectivity index (χ0n) is 20.3. The van der Waals surface area contributed by atoms with Gasteiger partial charge in [-0.3, -0.25) is 19.2 Å². The van der Waals surface area contributed by atoms with E-state index in [2.05, 4.69) is 26.3 Å². The van der Waals surface area contributed by atoms with Gasteiger partial charge in [-0.15, -0.1) is 0 Å². The maximum atomic E-state index is 13.2. The highest BCUT2D eigenvalue weighted by Gasteiger charge is 2.31. The van der Waals surface area contributed by atoms with Crippen molar-refractivity contribution >= 4 is 34.4 Å². The Hall–Kier alpha value is -3.49. The van der Waals surface area contributed by atoms with Crippen LogP contribution in [-0.4, -0.2) is 46.7 Å². The van der Waals surface area contributed by atoms with Crippen molar-refractivity contribution in [2.45, 2.75) is 65.7 Å². The molecule has 0 aliphatic carbocycles. The van der Waals surface area contributed by atoms with Gasteiger partial charge in [-0.25, -0.2) is 4.98 Å². The molecule has 4 N–H and O–H groups in total. The average molecular weight is 468 g/mol. The number of carbonyl (C=O) groups excluding carboxylic acids is 4. The molecule has 3 rings (SSSR count). The molecule has 0 saturated carbocycles. The molecule has 0 unspecified atom stereocenters. The lowest BCUT2D eigenvalue weighted by Crippen LogP contribution is -2.57. The van der Waals surface area contributed by atoms with Crippen molar-refractivity contribution in [3.63, 3.8) is 0 Å². The number of nitrogens with zero attached hydrogens (tertiary/aromatic N) is 1. The van der Waals surface area contributed by atoms with Crippen LogP contribution < -0.4 is 21.3 Å².